The maximum Gasteiger partial charge on any atom is 0.255 e. The molecule has 0 saturated heterocycles. The van der Waals surface area contributed by atoms with Crippen LogP contribution in [0.15, 0.2) is 48.5 Å². The van der Waals surface area contributed by atoms with Crippen LogP contribution < -0.4 is 10.1 Å². The van der Waals surface area contributed by atoms with Crippen molar-refractivity contribution >= 4 is 11.6 Å². The molecule has 0 unspecified atom stereocenters. The number of hydrogen-bond donors (Lipinski definition) is 1. The number of anilines is 1. The molecule has 0 atom stereocenters. The van der Waals surface area contributed by atoms with E-state index in [2.05, 4.69) is 5.32 Å². The predicted octanol–water partition coefficient (Wildman–Crippen LogP) is 3.48. The zero-order chi connectivity index (χ0) is 15.1. The zero-order valence-corrected chi connectivity index (χ0v) is 12.3. The SMILES string of the molecule is CCOCc1ccccc1NC(=O)c1ccc(OC)cc1. The van der Waals surface area contributed by atoms with Gasteiger partial charge in [0.2, 0.25) is 0 Å². The molecule has 21 heavy (non-hydrogen) atoms. The standard InChI is InChI=1S/C17H19NO3/c1-3-21-12-14-6-4-5-7-16(14)18-17(19)13-8-10-15(20-2)11-9-13/h4-11H,3,12H2,1-2H3,(H,18,19). The van der Waals surface area contributed by atoms with Gasteiger partial charge in [-0.15, -0.1) is 0 Å². The molecule has 0 saturated carbocycles. The van der Waals surface area contributed by atoms with Crippen molar-refractivity contribution in [3.63, 3.8) is 0 Å². The molecule has 2 aromatic rings. The molecule has 0 heterocycles. The average molecular weight is 285 g/mol. The lowest BCUT2D eigenvalue weighted by atomic mass is 10.1. The molecule has 0 radical (unpaired) electrons. The van der Waals surface area contributed by atoms with Gasteiger partial charge in [-0.3, -0.25) is 4.79 Å². The number of benzene rings is 2. The van der Waals surface area contributed by atoms with Gasteiger partial charge in [0, 0.05) is 23.4 Å². The second-order valence-electron chi connectivity index (χ2n) is 4.48. The first-order valence-electron chi connectivity index (χ1n) is 6.85. The molecule has 0 bridgehead atoms. The summed E-state index contributed by atoms with van der Waals surface area (Å²) < 4.78 is 10.5. The first-order chi connectivity index (χ1) is 10.2. The molecular formula is C17H19NO3. The number of rotatable bonds is 6. The van der Waals surface area contributed by atoms with Crippen molar-refractivity contribution in [2.45, 2.75) is 13.5 Å². The molecule has 2 rings (SSSR count). The molecule has 0 spiro atoms. The number of nitrogens with one attached hydrogen (secondary N) is 1. The minimum absolute atomic E-state index is 0.151. The van der Waals surface area contributed by atoms with Gasteiger partial charge >= 0.3 is 0 Å². The highest BCUT2D eigenvalue weighted by Crippen LogP contribution is 2.18. The van der Waals surface area contributed by atoms with E-state index in [0.717, 1.165) is 17.0 Å². The Morgan fingerprint density at radius 3 is 2.48 bits per heavy atom. The van der Waals surface area contributed by atoms with Crippen molar-refractivity contribution in [2.24, 2.45) is 0 Å². The maximum absolute atomic E-state index is 12.2. The number of carbonyl (C=O) groups excluding carboxylic acids is 1. The van der Waals surface area contributed by atoms with Crippen LogP contribution in [-0.4, -0.2) is 19.6 Å². The van der Waals surface area contributed by atoms with Crippen molar-refractivity contribution in [3.05, 3.63) is 59.7 Å². The van der Waals surface area contributed by atoms with E-state index in [-0.39, 0.29) is 5.91 Å². The summed E-state index contributed by atoms with van der Waals surface area (Å²) in [5, 5.41) is 2.91. The molecule has 2 aromatic carbocycles. The first kappa shape index (κ1) is 15.1. The quantitative estimate of drug-likeness (QED) is 0.884. The van der Waals surface area contributed by atoms with E-state index in [9.17, 15) is 4.79 Å². The monoisotopic (exact) mass is 285 g/mol. The topological polar surface area (TPSA) is 47.6 Å². The van der Waals surface area contributed by atoms with Crippen molar-refractivity contribution in [3.8, 4) is 5.75 Å². The van der Waals surface area contributed by atoms with E-state index < -0.39 is 0 Å². The van der Waals surface area contributed by atoms with E-state index in [4.69, 9.17) is 9.47 Å². The Kier molecular flexibility index (Phi) is 5.35. The summed E-state index contributed by atoms with van der Waals surface area (Å²) in [5.41, 5.74) is 2.31. The van der Waals surface area contributed by atoms with Gasteiger partial charge in [0.25, 0.3) is 5.91 Å². The fourth-order valence-corrected chi connectivity index (χ4v) is 1.92. The van der Waals surface area contributed by atoms with Gasteiger partial charge in [0.05, 0.1) is 13.7 Å². The third-order valence-electron chi connectivity index (χ3n) is 3.08. The highest BCUT2D eigenvalue weighted by atomic mass is 16.5. The third kappa shape index (κ3) is 4.07. The van der Waals surface area contributed by atoms with E-state index in [1.165, 1.54) is 0 Å². The summed E-state index contributed by atoms with van der Waals surface area (Å²) in [7, 11) is 1.60. The minimum atomic E-state index is -0.151. The molecular weight excluding hydrogens is 266 g/mol. The van der Waals surface area contributed by atoms with Crippen molar-refractivity contribution in [1.82, 2.24) is 0 Å². The number of amides is 1. The van der Waals surface area contributed by atoms with Crippen molar-refractivity contribution in [1.29, 1.82) is 0 Å². The van der Waals surface area contributed by atoms with Crippen LogP contribution in [0.4, 0.5) is 5.69 Å². The van der Waals surface area contributed by atoms with Gasteiger partial charge < -0.3 is 14.8 Å². The first-order valence-corrected chi connectivity index (χ1v) is 6.85. The summed E-state index contributed by atoms with van der Waals surface area (Å²) in [6, 6.07) is 14.6. The number of carbonyl (C=O) groups is 1. The Morgan fingerprint density at radius 2 is 1.81 bits per heavy atom. The fourth-order valence-electron chi connectivity index (χ4n) is 1.92. The van der Waals surface area contributed by atoms with Crippen LogP contribution >= 0.6 is 0 Å². The van der Waals surface area contributed by atoms with Gasteiger partial charge in [-0.05, 0) is 37.3 Å². The molecule has 0 aromatic heterocycles. The zero-order valence-electron chi connectivity index (χ0n) is 12.3. The van der Waals surface area contributed by atoms with Crippen LogP contribution in [0.5, 0.6) is 5.75 Å². The molecule has 0 aliphatic carbocycles. The summed E-state index contributed by atoms with van der Waals surface area (Å²) >= 11 is 0. The van der Waals surface area contributed by atoms with Gasteiger partial charge in [-0.1, -0.05) is 18.2 Å². The average Bonchev–Trinajstić information content (AvgIpc) is 2.54. The highest BCUT2D eigenvalue weighted by molar-refractivity contribution is 6.04. The van der Waals surface area contributed by atoms with Crippen LogP contribution in [0.1, 0.15) is 22.8 Å². The lowest BCUT2D eigenvalue weighted by molar-refractivity contribution is 0.102. The predicted molar refractivity (Wildman–Crippen MR) is 82.7 cm³/mol. The van der Waals surface area contributed by atoms with Crippen molar-refractivity contribution in [2.75, 3.05) is 19.0 Å². The number of methoxy groups -OCH3 is 1. The summed E-state index contributed by atoms with van der Waals surface area (Å²) in [4.78, 5) is 12.2. The largest absolute Gasteiger partial charge is 0.497 e. The molecule has 1 N–H and O–H groups in total. The van der Waals surface area contributed by atoms with Crippen LogP contribution in [0, 0.1) is 0 Å². The second-order valence-corrected chi connectivity index (χ2v) is 4.48. The van der Waals surface area contributed by atoms with Crippen LogP contribution in [0.2, 0.25) is 0 Å². The van der Waals surface area contributed by atoms with Crippen molar-refractivity contribution < 1.29 is 14.3 Å². The summed E-state index contributed by atoms with van der Waals surface area (Å²) in [6.45, 7) is 3.06. The molecule has 0 fully saturated rings. The molecule has 1 amide bonds. The number of para-hydroxylation sites is 1. The number of hydrogen-bond acceptors (Lipinski definition) is 3. The van der Waals surface area contributed by atoms with Gasteiger partial charge in [-0.2, -0.15) is 0 Å². The number of ether oxygens (including phenoxy) is 2. The maximum atomic E-state index is 12.2. The normalized spacial score (nSPS) is 10.2. The molecule has 110 valence electrons. The van der Waals surface area contributed by atoms with Crippen LogP contribution in [0.3, 0.4) is 0 Å². The second kappa shape index (κ2) is 7.45. The van der Waals surface area contributed by atoms with E-state index >= 15 is 0 Å². The molecule has 4 heteroatoms. The lowest BCUT2D eigenvalue weighted by Crippen LogP contribution is -2.13. The van der Waals surface area contributed by atoms with Crippen LogP contribution in [-0.2, 0) is 11.3 Å². The molecule has 4 nitrogen and oxygen atoms in total. The Labute approximate surface area is 124 Å². The summed E-state index contributed by atoms with van der Waals surface area (Å²) in [6.07, 6.45) is 0. The Hall–Kier alpha value is -2.33. The highest BCUT2D eigenvalue weighted by Gasteiger charge is 2.09. The third-order valence-corrected chi connectivity index (χ3v) is 3.08. The van der Waals surface area contributed by atoms with Gasteiger partial charge in [0.1, 0.15) is 5.75 Å². The summed E-state index contributed by atoms with van der Waals surface area (Å²) in [5.74, 6) is 0.574. The van der Waals surface area contributed by atoms with Crippen LogP contribution in [0.25, 0.3) is 0 Å². The Morgan fingerprint density at radius 1 is 1.10 bits per heavy atom. The molecule has 0 aliphatic heterocycles. The Balaban J connectivity index is 2.11. The minimum Gasteiger partial charge on any atom is -0.497 e. The smallest absolute Gasteiger partial charge is 0.255 e. The fraction of sp³-hybridized carbons (Fsp3) is 0.235. The Bertz CT molecular complexity index is 593. The van der Waals surface area contributed by atoms with E-state index in [1.54, 1.807) is 31.4 Å². The lowest BCUT2D eigenvalue weighted by Gasteiger charge is -2.11. The van der Waals surface area contributed by atoms with E-state index in [0.29, 0.717) is 18.8 Å². The molecule has 0 aliphatic rings. The van der Waals surface area contributed by atoms with Gasteiger partial charge in [-0.25, -0.2) is 0 Å². The van der Waals surface area contributed by atoms with Gasteiger partial charge in [0.15, 0.2) is 0 Å². The van der Waals surface area contributed by atoms with E-state index in [1.807, 2.05) is 31.2 Å².